The van der Waals surface area contributed by atoms with Crippen LogP contribution in [0.5, 0.6) is 0 Å². The number of anilines is 1. The first-order valence-electron chi connectivity index (χ1n) is 5.28. The van der Waals surface area contributed by atoms with Crippen molar-refractivity contribution in [3.05, 3.63) is 16.5 Å². The molecule has 1 aliphatic heterocycles. The maximum Gasteiger partial charge on any atom is 0.225 e. The number of aliphatic hydroxyl groups is 1. The Balaban J connectivity index is 2.26. The van der Waals surface area contributed by atoms with Crippen molar-refractivity contribution in [1.29, 1.82) is 0 Å². The molecule has 1 saturated heterocycles. The van der Waals surface area contributed by atoms with E-state index in [-0.39, 0.29) is 17.9 Å². The van der Waals surface area contributed by atoms with Gasteiger partial charge in [-0.15, -0.1) is 0 Å². The van der Waals surface area contributed by atoms with Crippen LogP contribution in [0.3, 0.4) is 0 Å². The molecule has 0 saturated carbocycles. The van der Waals surface area contributed by atoms with Crippen molar-refractivity contribution in [3.8, 4) is 0 Å². The van der Waals surface area contributed by atoms with E-state index in [9.17, 15) is 5.11 Å². The molecule has 0 amide bonds. The lowest BCUT2D eigenvalue weighted by atomic mass is 10.0. The van der Waals surface area contributed by atoms with E-state index in [0.717, 1.165) is 25.8 Å². The van der Waals surface area contributed by atoms with E-state index in [2.05, 4.69) is 9.97 Å². The summed E-state index contributed by atoms with van der Waals surface area (Å²) in [7, 11) is 0. The van der Waals surface area contributed by atoms with E-state index in [1.807, 2.05) is 4.90 Å². The van der Waals surface area contributed by atoms with E-state index in [1.165, 1.54) is 0 Å². The third kappa shape index (κ3) is 2.56. The summed E-state index contributed by atoms with van der Waals surface area (Å²) in [5.41, 5.74) is 0. The van der Waals surface area contributed by atoms with Gasteiger partial charge in [-0.3, -0.25) is 0 Å². The molecule has 2 rings (SSSR count). The maximum absolute atomic E-state index is 9.31. The van der Waals surface area contributed by atoms with E-state index >= 15 is 0 Å². The Kier molecular flexibility index (Phi) is 3.84. The van der Waals surface area contributed by atoms with Gasteiger partial charge in [0.15, 0.2) is 0 Å². The van der Waals surface area contributed by atoms with Crippen LogP contribution in [0.1, 0.15) is 19.3 Å². The van der Waals surface area contributed by atoms with Gasteiger partial charge in [-0.2, -0.15) is 0 Å². The first-order valence-corrected chi connectivity index (χ1v) is 6.04. The van der Waals surface area contributed by atoms with Crippen LogP contribution < -0.4 is 4.90 Å². The Morgan fingerprint density at radius 3 is 2.88 bits per heavy atom. The Labute approximate surface area is 104 Å². The fourth-order valence-electron chi connectivity index (χ4n) is 2.02. The Morgan fingerprint density at radius 1 is 1.38 bits per heavy atom. The smallest absolute Gasteiger partial charge is 0.225 e. The minimum Gasteiger partial charge on any atom is -0.394 e. The van der Waals surface area contributed by atoms with E-state index in [0.29, 0.717) is 11.0 Å². The number of aromatic nitrogens is 2. The van der Waals surface area contributed by atoms with Crippen LogP contribution in [0.2, 0.25) is 10.4 Å². The molecule has 1 aliphatic rings. The third-order valence-electron chi connectivity index (χ3n) is 2.79. The molecule has 16 heavy (non-hydrogen) atoms. The molecule has 0 spiro atoms. The van der Waals surface area contributed by atoms with Crippen molar-refractivity contribution in [2.75, 3.05) is 18.1 Å². The van der Waals surface area contributed by atoms with Crippen molar-refractivity contribution in [2.45, 2.75) is 25.3 Å². The van der Waals surface area contributed by atoms with Crippen LogP contribution in [-0.2, 0) is 0 Å². The molecule has 4 nitrogen and oxygen atoms in total. The molecular formula is C10H13Cl2N3O. The van der Waals surface area contributed by atoms with Gasteiger partial charge in [0.2, 0.25) is 5.28 Å². The van der Waals surface area contributed by atoms with Gasteiger partial charge >= 0.3 is 0 Å². The third-order valence-corrected chi connectivity index (χ3v) is 3.15. The predicted molar refractivity (Wildman–Crippen MR) is 64.1 cm³/mol. The summed E-state index contributed by atoms with van der Waals surface area (Å²) in [4.78, 5) is 10.00. The number of aliphatic hydroxyl groups excluding tert-OH is 1. The zero-order valence-corrected chi connectivity index (χ0v) is 10.2. The van der Waals surface area contributed by atoms with Gasteiger partial charge < -0.3 is 10.0 Å². The highest BCUT2D eigenvalue weighted by molar-refractivity contribution is 6.32. The van der Waals surface area contributed by atoms with Gasteiger partial charge in [0.05, 0.1) is 12.6 Å². The molecular weight excluding hydrogens is 249 g/mol. The molecule has 1 N–H and O–H groups in total. The van der Waals surface area contributed by atoms with E-state index in [4.69, 9.17) is 23.2 Å². The van der Waals surface area contributed by atoms with Crippen LogP contribution in [0.4, 0.5) is 5.82 Å². The Hall–Kier alpha value is -0.580. The summed E-state index contributed by atoms with van der Waals surface area (Å²) < 4.78 is 0. The average Bonchev–Trinajstić information content (AvgIpc) is 2.27. The van der Waals surface area contributed by atoms with Gasteiger partial charge in [-0.25, -0.2) is 9.97 Å². The molecule has 0 bridgehead atoms. The minimum atomic E-state index is 0.107. The van der Waals surface area contributed by atoms with Crippen molar-refractivity contribution in [2.24, 2.45) is 0 Å². The molecule has 1 atom stereocenters. The highest BCUT2D eigenvalue weighted by Gasteiger charge is 2.23. The van der Waals surface area contributed by atoms with E-state index < -0.39 is 0 Å². The van der Waals surface area contributed by atoms with Crippen molar-refractivity contribution >= 4 is 29.0 Å². The van der Waals surface area contributed by atoms with Crippen LogP contribution in [0, 0.1) is 0 Å². The Bertz CT molecular complexity index is 355. The zero-order valence-electron chi connectivity index (χ0n) is 8.74. The molecule has 88 valence electrons. The molecule has 0 radical (unpaired) electrons. The molecule has 2 heterocycles. The lowest BCUT2D eigenvalue weighted by Crippen LogP contribution is -2.42. The van der Waals surface area contributed by atoms with Gasteiger partial charge in [-0.05, 0) is 30.9 Å². The summed E-state index contributed by atoms with van der Waals surface area (Å²) in [6.07, 6.45) is 3.19. The first kappa shape index (κ1) is 11.9. The molecule has 1 fully saturated rings. The second-order valence-corrected chi connectivity index (χ2v) is 4.57. The minimum absolute atomic E-state index is 0.107. The second-order valence-electron chi connectivity index (χ2n) is 3.84. The number of hydrogen-bond acceptors (Lipinski definition) is 4. The largest absolute Gasteiger partial charge is 0.394 e. The molecule has 1 aromatic heterocycles. The SMILES string of the molecule is OCC1CCCCN1c1cc(Cl)nc(Cl)n1. The fourth-order valence-corrected chi connectivity index (χ4v) is 2.42. The fraction of sp³-hybridized carbons (Fsp3) is 0.600. The number of nitrogens with zero attached hydrogens (tertiary/aromatic N) is 3. The molecule has 0 aromatic carbocycles. The van der Waals surface area contributed by atoms with Gasteiger partial charge in [0.1, 0.15) is 11.0 Å². The van der Waals surface area contributed by atoms with Crippen LogP contribution in [0.25, 0.3) is 0 Å². The maximum atomic E-state index is 9.31. The topological polar surface area (TPSA) is 49.2 Å². The summed E-state index contributed by atoms with van der Waals surface area (Å²) in [6, 6.07) is 1.79. The summed E-state index contributed by atoms with van der Waals surface area (Å²) in [6.45, 7) is 0.994. The lowest BCUT2D eigenvalue weighted by molar-refractivity contribution is 0.239. The lowest BCUT2D eigenvalue weighted by Gasteiger charge is -2.35. The molecule has 0 aliphatic carbocycles. The average molecular weight is 262 g/mol. The Morgan fingerprint density at radius 2 is 2.19 bits per heavy atom. The standard InChI is InChI=1S/C10H13Cl2N3O/c11-8-5-9(14-10(12)13-8)15-4-2-1-3-7(15)6-16/h5,7,16H,1-4,6H2. The van der Waals surface area contributed by atoms with Gasteiger partial charge in [-0.1, -0.05) is 11.6 Å². The highest BCUT2D eigenvalue weighted by atomic mass is 35.5. The summed E-state index contributed by atoms with van der Waals surface area (Å²) >= 11 is 11.6. The molecule has 1 aromatic rings. The number of hydrogen-bond donors (Lipinski definition) is 1. The quantitative estimate of drug-likeness (QED) is 0.655. The zero-order chi connectivity index (χ0) is 11.5. The number of halogens is 2. The predicted octanol–water partition coefficient (Wildman–Crippen LogP) is 2.13. The van der Waals surface area contributed by atoms with Crippen LogP contribution in [-0.4, -0.2) is 34.3 Å². The normalized spacial score (nSPS) is 21.2. The van der Waals surface area contributed by atoms with Gasteiger partial charge in [0, 0.05) is 12.6 Å². The number of rotatable bonds is 2. The second kappa shape index (κ2) is 5.17. The van der Waals surface area contributed by atoms with Crippen molar-refractivity contribution in [1.82, 2.24) is 9.97 Å². The monoisotopic (exact) mass is 261 g/mol. The van der Waals surface area contributed by atoms with Crippen LogP contribution in [0.15, 0.2) is 6.07 Å². The molecule has 1 unspecified atom stereocenters. The van der Waals surface area contributed by atoms with Crippen LogP contribution >= 0.6 is 23.2 Å². The first-order chi connectivity index (χ1) is 7.70. The summed E-state index contributed by atoms with van der Waals surface area (Å²) in [5, 5.41) is 9.78. The number of piperidine rings is 1. The summed E-state index contributed by atoms with van der Waals surface area (Å²) in [5.74, 6) is 0.698. The van der Waals surface area contributed by atoms with E-state index in [1.54, 1.807) is 6.07 Å². The van der Waals surface area contributed by atoms with Crippen molar-refractivity contribution in [3.63, 3.8) is 0 Å². The van der Waals surface area contributed by atoms with Gasteiger partial charge in [0.25, 0.3) is 0 Å². The van der Waals surface area contributed by atoms with Crippen molar-refractivity contribution < 1.29 is 5.11 Å². The highest BCUT2D eigenvalue weighted by Crippen LogP contribution is 2.25. The molecule has 6 heteroatoms.